The summed E-state index contributed by atoms with van der Waals surface area (Å²) in [5.41, 5.74) is 0.875. The molecule has 0 unspecified atom stereocenters. The number of halogens is 2. The number of nitrogens with zero attached hydrogens (tertiary/aromatic N) is 2. The van der Waals surface area contributed by atoms with Crippen molar-refractivity contribution in [2.24, 2.45) is 0 Å². The van der Waals surface area contributed by atoms with E-state index in [1.165, 1.54) is 12.4 Å². The summed E-state index contributed by atoms with van der Waals surface area (Å²) in [6, 6.07) is 3.41. The summed E-state index contributed by atoms with van der Waals surface area (Å²) in [7, 11) is 0. The van der Waals surface area contributed by atoms with E-state index < -0.39 is 5.97 Å². The molecular formula is C15H12BrClN2O3. The molecule has 2 rings (SSSR count). The second kappa shape index (κ2) is 7.38. The molecule has 0 saturated heterocycles. The minimum absolute atomic E-state index is 0.0278. The quantitative estimate of drug-likeness (QED) is 0.770. The van der Waals surface area contributed by atoms with Crippen LogP contribution in [0.4, 0.5) is 0 Å². The van der Waals surface area contributed by atoms with Crippen molar-refractivity contribution < 1.29 is 14.6 Å². The fourth-order valence-corrected chi connectivity index (χ4v) is 2.50. The van der Waals surface area contributed by atoms with Gasteiger partial charge < -0.3 is 9.84 Å². The first kappa shape index (κ1) is 16.5. The minimum atomic E-state index is -1.10. The molecule has 0 fully saturated rings. The van der Waals surface area contributed by atoms with Crippen molar-refractivity contribution in [2.75, 3.05) is 0 Å². The Morgan fingerprint density at radius 1 is 1.41 bits per heavy atom. The highest BCUT2D eigenvalue weighted by Gasteiger charge is 2.19. The molecule has 114 valence electrons. The number of hydrogen-bond donors (Lipinski definition) is 1. The van der Waals surface area contributed by atoms with E-state index in [-0.39, 0.29) is 17.3 Å². The summed E-state index contributed by atoms with van der Waals surface area (Å²) in [5, 5.41) is 9.80. The highest BCUT2D eigenvalue weighted by atomic mass is 79.9. The van der Waals surface area contributed by atoms with Crippen LogP contribution >= 0.6 is 27.5 Å². The van der Waals surface area contributed by atoms with Crippen LogP contribution in [0.2, 0.25) is 5.02 Å². The van der Waals surface area contributed by atoms with Crippen molar-refractivity contribution in [3.63, 3.8) is 0 Å². The first-order chi connectivity index (χ1) is 10.5. The van der Waals surface area contributed by atoms with E-state index in [9.17, 15) is 9.90 Å². The summed E-state index contributed by atoms with van der Waals surface area (Å²) in [6.07, 6.45) is 7.21. The summed E-state index contributed by atoms with van der Waals surface area (Å²) in [4.78, 5) is 19.3. The Balaban J connectivity index is 2.40. The van der Waals surface area contributed by atoms with E-state index >= 15 is 0 Å². The molecule has 0 aliphatic rings. The van der Waals surface area contributed by atoms with Gasteiger partial charge in [-0.05, 0) is 40.9 Å². The van der Waals surface area contributed by atoms with Crippen LogP contribution in [0.1, 0.15) is 22.8 Å². The van der Waals surface area contributed by atoms with E-state index in [1.54, 1.807) is 12.1 Å². The number of hydrogen-bond acceptors (Lipinski definition) is 4. The monoisotopic (exact) mass is 382 g/mol. The molecule has 0 atom stereocenters. The molecule has 0 aliphatic heterocycles. The Kier molecular flexibility index (Phi) is 5.51. The number of rotatable bonds is 5. The predicted octanol–water partition coefficient (Wildman–Crippen LogP) is 4.50. The Morgan fingerprint density at radius 3 is 2.68 bits per heavy atom. The third-order valence-electron chi connectivity index (χ3n) is 2.77. The number of carboxylic acid groups (broad SMARTS) is 1. The van der Waals surface area contributed by atoms with Gasteiger partial charge in [0.15, 0.2) is 0 Å². The molecule has 2 aromatic rings. The molecule has 0 bridgehead atoms. The lowest BCUT2D eigenvalue weighted by molar-refractivity contribution is 0.0693. The van der Waals surface area contributed by atoms with Crippen molar-refractivity contribution >= 4 is 33.5 Å². The molecule has 0 amide bonds. The standard InChI is InChI=1S/C15H12BrClN2O3/c1-2-3-4-9-5-6-11(12(13(9)16)14(20)21)22-15-18-7-10(17)8-19-15/h2-3,5-8H,4H2,1H3,(H,20,21). The zero-order chi connectivity index (χ0) is 16.1. The summed E-state index contributed by atoms with van der Waals surface area (Å²) < 4.78 is 5.93. The van der Waals surface area contributed by atoms with E-state index in [4.69, 9.17) is 16.3 Å². The lowest BCUT2D eigenvalue weighted by Crippen LogP contribution is -2.04. The summed E-state index contributed by atoms with van der Waals surface area (Å²) >= 11 is 9.03. The molecule has 22 heavy (non-hydrogen) atoms. The van der Waals surface area contributed by atoms with E-state index in [2.05, 4.69) is 25.9 Å². The topological polar surface area (TPSA) is 72.3 Å². The normalized spacial score (nSPS) is 10.9. The maximum absolute atomic E-state index is 11.5. The molecule has 1 heterocycles. The smallest absolute Gasteiger partial charge is 0.340 e. The predicted molar refractivity (Wildman–Crippen MR) is 86.7 cm³/mol. The molecule has 0 saturated carbocycles. The van der Waals surface area contributed by atoms with Crippen LogP contribution in [0.5, 0.6) is 11.8 Å². The molecule has 1 aromatic carbocycles. The van der Waals surface area contributed by atoms with Crippen LogP contribution in [0.3, 0.4) is 0 Å². The van der Waals surface area contributed by atoms with Crippen LogP contribution in [-0.4, -0.2) is 21.0 Å². The maximum atomic E-state index is 11.5. The third kappa shape index (κ3) is 3.84. The lowest BCUT2D eigenvalue weighted by atomic mass is 10.1. The molecular weight excluding hydrogens is 372 g/mol. The van der Waals surface area contributed by atoms with Crippen LogP contribution in [0, 0.1) is 0 Å². The van der Waals surface area contributed by atoms with Crippen LogP contribution in [0.25, 0.3) is 0 Å². The summed E-state index contributed by atoms with van der Waals surface area (Å²) in [5.74, 6) is -0.941. The molecule has 7 heteroatoms. The Labute approximate surface area is 140 Å². The first-order valence-corrected chi connectivity index (χ1v) is 7.51. The number of carboxylic acids is 1. The van der Waals surface area contributed by atoms with Crippen LogP contribution in [-0.2, 0) is 6.42 Å². The number of benzene rings is 1. The molecule has 0 aliphatic carbocycles. The fraction of sp³-hybridized carbons (Fsp3) is 0.133. The number of aromatic nitrogens is 2. The summed E-state index contributed by atoms with van der Waals surface area (Å²) in [6.45, 7) is 1.90. The van der Waals surface area contributed by atoms with Crippen molar-refractivity contribution in [2.45, 2.75) is 13.3 Å². The van der Waals surface area contributed by atoms with Gasteiger partial charge in [-0.25, -0.2) is 14.8 Å². The number of allylic oxidation sites excluding steroid dienone is 2. The molecule has 0 radical (unpaired) electrons. The second-order valence-corrected chi connectivity index (χ2v) is 5.51. The number of carbonyl (C=O) groups is 1. The van der Waals surface area contributed by atoms with Crippen molar-refractivity contribution in [1.82, 2.24) is 9.97 Å². The number of ether oxygens (including phenoxy) is 1. The lowest BCUT2D eigenvalue weighted by Gasteiger charge is -2.11. The van der Waals surface area contributed by atoms with Gasteiger partial charge >= 0.3 is 12.0 Å². The van der Waals surface area contributed by atoms with Gasteiger partial charge in [0.2, 0.25) is 0 Å². The van der Waals surface area contributed by atoms with Crippen molar-refractivity contribution in [3.05, 3.63) is 57.3 Å². The van der Waals surface area contributed by atoms with E-state index in [0.29, 0.717) is 15.9 Å². The van der Waals surface area contributed by atoms with Gasteiger partial charge in [0, 0.05) is 4.47 Å². The fourth-order valence-electron chi connectivity index (χ4n) is 1.74. The molecule has 1 N–H and O–H groups in total. The highest BCUT2D eigenvalue weighted by molar-refractivity contribution is 9.10. The average Bonchev–Trinajstić information content (AvgIpc) is 2.48. The zero-order valence-corrected chi connectivity index (χ0v) is 13.9. The van der Waals surface area contributed by atoms with Gasteiger partial charge in [0.05, 0.1) is 17.4 Å². The van der Waals surface area contributed by atoms with Crippen LogP contribution < -0.4 is 4.74 Å². The van der Waals surface area contributed by atoms with Gasteiger partial charge in [0.25, 0.3) is 0 Å². The Hall–Kier alpha value is -1.92. The van der Waals surface area contributed by atoms with Gasteiger partial charge in [-0.15, -0.1) is 0 Å². The molecule has 0 spiro atoms. The third-order valence-corrected chi connectivity index (χ3v) is 3.87. The highest BCUT2D eigenvalue weighted by Crippen LogP contribution is 2.33. The van der Waals surface area contributed by atoms with Crippen molar-refractivity contribution in [1.29, 1.82) is 0 Å². The van der Waals surface area contributed by atoms with Gasteiger partial charge in [-0.3, -0.25) is 0 Å². The van der Waals surface area contributed by atoms with Gasteiger partial charge in [-0.2, -0.15) is 0 Å². The SMILES string of the molecule is CC=CCc1ccc(Oc2ncc(Cl)cn2)c(C(=O)O)c1Br. The van der Waals surface area contributed by atoms with Gasteiger partial charge in [-0.1, -0.05) is 29.8 Å². The van der Waals surface area contributed by atoms with Gasteiger partial charge in [0.1, 0.15) is 11.3 Å². The first-order valence-electron chi connectivity index (χ1n) is 6.34. The Bertz CT molecular complexity index is 717. The second-order valence-electron chi connectivity index (χ2n) is 4.28. The molecule has 1 aromatic heterocycles. The Morgan fingerprint density at radius 2 is 2.09 bits per heavy atom. The number of aromatic carboxylic acids is 1. The van der Waals surface area contributed by atoms with E-state index in [0.717, 1.165) is 5.56 Å². The maximum Gasteiger partial charge on any atom is 0.340 e. The molecule has 5 nitrogen and oxygen atoms in total. The van der Waals surface area contributed by atoms with Crippen LogP contribution in [0.15, 0.2) is 41.2 Å². The largest absolute Gasteiger partial charge is 0.478 e. The average molecular weight is 384 g/mol. The zero-order valence-electron chi connectivity index (χ0n) is 11.6. The van der Waals surface area contributed by atoms with Crippen molar-refractivity contribution in [3.8, 4) is 11.8 Å². The van der Waals surface area contributed by atoms with E-state index in [1.807, 2.05) is 19.1 Å². The minimum Gasteiger partial charge on any atom is -0.478 e.